The highest BCUT2D eigenvalue weighted by Gasteiger charge is 2.19. The van der Waals surface area contributed by atoms with E-state index < -0.39 is 15.7 Å². The van der Waals surface area contributed by atoms with Gasteiger partial charge in [-0.1, -0.05) is 12.1 Å². The van der Waals surface area contributed by atoms with E-state index in [0.29, 0.717) is 12.3 Å². The number of amides is 1. The topological polar surface area (TPSA) is 72.5 Å². The molecule has 6 heteroatoms. The second-order valence-electron chi connectivity index (χ2n) is 5.14. The maximum Gasteiger partial charge on any atom is 0.256 e. The highest BCUT2D eigenvalue weighted by Crippen LogP contribution is 2.28. The molecule has 0 radical (unpaired) electrons. The minimum Gasteiger partial charge on any atom is -0.493 e. The van der Waals surface area contributed by atoms with Gasteiger partial charge >= 0.3 is 0 Å². The van der Waals surface area contributed by atoms with Crippen LogP contribution in [0.2, 0.25) is 0 Å². The summed E-state index contributed by atoms with van der Waals surface area (Å²) in [6.07, 6.45) is 1.89. The van der Waals surface area contributed by atoms with Crippen LogP contribution in [0.15, 0.2) is 47.4 Å². The molecule has 0 fully saturated rings. The highest BCUT2D eigenvalue weighted by atomic mass is 32.2. The fourth-order valence-electron chi connectivity index (χ4n) is 2.44. The first-order valence-electron chi connectivity index (χ1n) is 6.81. The Morgan fingerprint density at radius 1 is 1.18 bits per heavy atom. The molecule has 2 aromatic rings. The number of sulfone groups is 1. The maximum atomic E-state index is 12.4. The van der Waals surface area contributed by atoms with Gasteiger partial charge in [-0.05, 0) is 35.9 Å². The molecule has 0 aliphatic carbocycles. The minimum absolute atomic E-state index is 0.0250. The van der Waals surface area contributed by atoms with E-state index >= 15 is 0 Å². The smallest absolute Gasteiger partial charge is 0.256 e. The Bertz CT molecular complexity index is 843. The van der Waals surface area contributed by atoms with Crippen molar-refractivity contribution >= 4 is 21.4 Å². The van der Waals surface area contributed by atoms with Crippen LogP contribution in [0.4, 0.5) is 5.69 Å². The normalized spacial score (nSPS) is 13.3. The molecule has 114 valence electrons. The second kappa shape index (κ2) is 5.46. The Kier molecular flexibility index (Phi) is 3.62. The van der Waals surface area contributed by atoms with Gasteiger partial charge < -0.3 is 10.1 Å². The molecule has 0 spiro atoms. The van der Waals surface area contributed by atoms with E-state index in [-0.39, 0.29) is 10.5 Å². The Balaban J connectivity index is 1.90. The first-order chi connectivity index (χ1) is 10.4. The van der Waals surface area contributed by atoms with Crippen molar-refractivity contribution in [2.75, 3.05) is 18.2 Å². The van der Waals surface area contributed by atoms with Crippen LogP contribution in [0, 0.1) is 0 Å². The molecule has 5 nitrogen and oxygen atoms in total. The molecule has 0 saturated heterocycles. The van der Waals surface area contributed by atoms with Crippen LogP contribution in [0.3, 0.4) is 0 Å². The highest BCUT2D eigenvalue weighted by molar-refractivity contribution is 7.90. The average Bonchev–Trinajstić information content (AvgIpc) is 2.94. The van der Waals surface area contributed by atoms with E-state index in [1.54, 1.807) is 24.3 Å². The standard InChI is InChI=1S/C16H15NO4S/c1-22(19,20)15-5-3-2-4-13(15)16(18)17-12-6-7-14-11(10-12)8-9-21-14/h2-7,10H,8-9H2,1H3,(H,17,18). The van der Waals surface area contributed by atoms with Gasteiger partial charge in [0.05, 0.1) is 17.1 Å². The molecule has 0 atom stereocenters. The summed E-state index contributed by atoms with van der Waals surface area (Å²) in [6, 6.07) is 11.6. The van der Waals surface area contributed by atoms with Crippen LogP contribution >= 0.6 is 0 Å². The van der Waals surface area contributed by atoms with E-state index in [2.05, 4.69) is 5.32 Å². The van der Waals surface area contributed by atoms with Gasteiger partial charge in [0.1, 0.15) is 5.75 Å². The molecule has 0 saturated carbocycles. The van der Waals surface area contributed by atoms with Crippen molar-refractivity contribution in [2.24, 2.45) is 0 Å². The lowest BCUT2D eigenvalue weighted by Crippen LogP contribution is -2.16. The van der Waals surface area contributed by atoms with Gasteiger partial charge in [0.2, 0.25) is 0 Å². The quantitative estimate of drug-likeness (QED) is 0.942. The predicted octanol–water partition coefficient (Wildman–Crippen LogP) is 2.28. The third-order valence-electron chi connectivity index (χ3n) is 3.48. The summed E-state index contributed by atoms with van der Waals surface area (Å²) in [5.74, 6) is 0.384. The van der Waals surface area contributed by atoms with Crippen molar-refractivity contribution in [3.63, 3.8) is 0 Å². The third kappa shape index (κ3) is 2.82. The molecule has 1 aliphatic rings. The number of ether oxygens (including phenoxy) is 1. The van der Waals surface area contributed by atoms with E-state index in [1.807, 2.05) is 6.07 Å². The fraction of sp³-hybridized carbons (Fsp3) is 0.188. The van der Waals surface area contributed by atoms with Crippen LogP contribution in [-0.2, 0) is 16.3 Å². The third-order valence-corrected chi connectivity index (χ3v) is 4.63. The molecule has 22 heavy (non-hydrogen) atoms. The lowest BCUT2D eigenvalue weighted by molar-refractivity contribution is 0.102. The summed E-state index contributed by atoms with van der Waals surface area (Å²) in [4.78, 5) is 12.4. The first-order valence-corrected chi connectivity index (χ1v) is 8.70. The molecule has 0 aromatic heterocycles. The first kappa shape index (κ1) is 14.6. The van der Waals surface area contributed by atoms with Gasteiger partial charge in [-0.2, -0.15) is 0 Å². The average molecular weight is 317 g/mol. The number of fused-ring (bicyclic) bond motifs is 1. The second-order valence-corrected chi connectivity index (χ2v) is 7.13. The number of hydrogen-bond acceptors (Lipinski definition) is 4. The van der Waals surface area contributed by atoms with Gasteiger partial charge in [-0.15, -0.1) is 0 Å². The van der Waals surface area contributed by atoms with Crippen molar-refractivity contribution in [3.05, 3.63) is 53.6 Å². The van der Waals surface area contributed by atoms with Crippen LogP contribution in [-0.4, -0.2) is 27.2 Å². The molecular weight excluding hydrogens is 302 g/mol. The lowest BCUT2D eigenvalue weighted by atomic mass is 10.1. The molecule has 3 rings (SSSR count). The molecule has 0 unspecified atom stereocenters. The van der Waals surface area contributed by atoms with E-state index in [0.717, 1.165) is 24.0 Å². The number of rotatable bonds is 3. The Labute approximate surface area is 128 Å². The predicted molar refractivity (Wildman–Crippen MR) is 83.1 cm³/mol. The summed E-state index contributed by atoms with van der Waals surface area (Å²) in [5, 5.41) is 2.74. The van der Waals surface area contributed by atoms with Crippen LogP contribution < -0.4 is 10.1 Å². The summed E-state index contributed by atoms with van der Waals surface area (Å²) < 4.78 is 28.9. The van der Waals surface area contributed by atoms with Crippen molar-refractivity contribution < 1.29 is 17.9 Å². The SMILES string of the molecule is CS(=O)(=O)c1ccccc1C(=O)Nc1ccc2c(c1)CCO2. The van der Waals surface area contributed by atoms with Crippen molar-refractivity contribution in [3.8, 4) is 5.75 Å². The van der Waals surface area contributed by atoms with Crippen molar-refractivity contribution in [1.29, 1.82) is 0 Å². The molecule has 1 heterocycles. The fourth-order valence-corrected chi connectivity index (χ4v) is 3.33. The number of benzene rings is 2. The number of anilines is 1. The van der Waals surface area contributed by atoms with E-state index in [1.165, 1.54) is 12.1 Å². The van der Waals surface area contributed by atoms with Crippen molar-refractivity contribution in [1.82, 2.24) is 0 Å². The summed E-state index contributed by atoms with van der Waals surface area (Å²) in [7, 11) is -3.46. The molecule has 1 amide bonds. The lowest BCUT2D eigenvalue weighted by Gasteiger charge is -2.10. The van der Waals surface area contributed by atoms with Crippen LogP contribution in [0.5, 0.6) is 5.75 Å². The maximum absolute atomic E-state index is 12.4. The van der Waals surface area contributed by atoms with Crippen molar-refractivity contribution in [2.45, 2.75) is 11.3 Å². The molecule has 0 bridgehead atoms. The minimum atomic E-state index is -3.46. The number of carbonyl (C=O) groups excluding carboxylic acids is 1. The Morgan fingerprint density at radius 2 is 1.95 bits per heavy atom. The zero-order chi connectivity index (χ0) is 15.7. The summed E-state index contributed by atoms with van der Waals surface area (Å²) in [6.45, 7) is 0.643. The van der Waals surface area contributed by atoms with Crippen LogP contribution in [0.1, 0.15) is 15.9 Å². The van der Waals surface area contributed by atoms with Gasteiger partial charge in [0, 0.05) is 18.4 Å². The zero-order valence-electron chi connectivity index (χ0n) is 12.0. The number of nitrogens with one attached hydrogen (secondary N) is 1. The summed E-state index contributed by atoms with van der Waals surface area (Å²) in [5.41, 5.74) is 1.80. The molecule has 1 N–H and O–H groups in total. The number of carbonyl (C=O) groups is 1. The molecule has 1 aliphatic heterocycles. The van der Waals surface area contributed by atoms with E-state index in [9.17, 15) is 13.2 Å². The molecular formula is C16H15NO4S. The van der Waals surface area contributed by atoms with Gasteiger partial charge in [-0.3, -0.25) is 4.79 Å². The van der Waals surface area contributed by atoms with Gasteiger partial charge in [0.25, 0.3) is 5.91 Å². The van der Waals surface area contributed by atoms with Gasteiger partial charge in [-0.25, -0.2) is 8.42 Å². The monoisotopic (exact) mass is 317 g/mol. The van der Waals surface area contributed by atoms with E-state index in [4.69, 9.17) is 4.74 Å². The number of hydrogen-bond donors (Lipinski definition) is 1. The zero-order valence-corrected chi connectivity index (χ0v) is 12.8. The Hall–Kier alpha value is -2.34. The Morgan fingerprint density at radius 3 is 2.73 bits per heavy atom. The van der Waals surface area contributed by atoms with Crippen LogP contribution in [0.25, 0.3) is 0 Å². The molecule has 2 aromatic carbocycles. The largest absolute Gasteiger partial charge is 0.493 e. The van der Waals surface area contributed by atoms with Gasteiger partial charge in [0.15, 0.2) is 9.84 Å². The summed E-state index contributed by atoms with van der Waals surface area (Å²) >= 11 is 0.